The molecule has 0 aromatic rings. The Bertz CT molecular complexity index is 497. The molecular formula is C22H36O5. The van der Waals surface area contributed by atoms with Crippen LogP contribution in [0.5, 0.6) is 0 Å². The molecule has 0 unspecified atom stereocenters. The molecule has 4 N–H and O–H groups in total. The zero-order valence-corrected chi connectivity index (χ0v) is 16.4. The Morgan fingerprint density at radius 2 is 1.85 bits per heavy atom. The predicted molar refractivity (Wildman–Crippen MR) is 107 cm³/mol. The van der Waals surface area contributed by atoms with E-state index in [0.29, 0.717) is 12.8 Å². The first-order chi connectivity index (χ1) is 13.0. The van der Waals surface area contributed by atoms with Gasteiger partial charge in [0.2, 0.25) is 0 Å². The van der Waals surface area contributed by atoms with Crippen molar-refractivity contribution in [1.29, 1.82) is 0 Å². The summed E-state index contributed by atoms with van der Waals surface area (Å²) in [6, 6.07) is 0. The van der Waals surface area contributed by atoms with Gasteiger partial charge in [-0.2, -0.15) is 0 Å². The molecule has 0 aliphatic heterocycles. The van der Waals surface area contributed by atoms with E-state index in [4.69, 9.17) is 5.11 Å². The van der Waals surface area contributed by atoms with Crippen LogP contribution < -0.4 is 0 Å². The maximum absolute atomic E-state index is 10.5. The Morgan fingerprint density at radius 3 is 2.56 bits per heavy atom. The Labute approximate surface area is 163 Å². The fourth-order valence-electron chi connectivity index (χ4n) is 3.48. The minimum absolute atomic E-state index is 0.0901. The molecular weight excluding hydrogens is 344 g/mol. The highest BCUT2D eigenvalue weighted by Crippen LogP contribution is 2.36. The number of aliphatic hydroxyl groups is 3. The van der Waals surface area contributed by atoms with Gasteiger partial charge in [-0.25, -0.2) is 0 Å². The van der Waals surface area contributed by atoms with Crippen LogP contribution in [-0.2, 0) is 4.79 Å². The third-order valence-electron chi connectivity index (χ3n) is 5.11. The number of aliphatic carboxylic acids is 1. The Balaban J connectivity index is 2.44. The van der Waals surface area contributed by atoms with E-state index in [9.17, 15) is 20.1 Å². The molecule has 1 aliphatic rings. The molecule has 0 saturated heterocycles. The minimum atomic E-state index is -0.943. The van der Waals surface area contributed by atoms with Crippen LogP contribution in [0.2, 0.25) is 0 Å². The quantitative estimate of drug-likeness (QED) is 0.289. The van der Waals surface area contributed by atoms with Crippen molar-refractivity contribution in [3.8, 4) is 0 Å². The van der Waals surface area contributed by atoms with E-state index in [0.717, 1.165) is 12.8 Å². The molecule has 0 radical (unpaired) electrons. The number of hydrogen-bond donors (Lipinski definition) is 4. The van der Waals surface area contributed by atoms with Gasteiger partial charge in [-0.1, -0.05) is 56.2 Å². The molecule has 1 rings (SSSR count). The molecule has 0 amide bonds. The average Bonchev–Trinajstić information content (AvgIpc) is 2.89. The summed E-state index contributed by atoms with van der Waals surface area (Å²) in [5.74, 6) is -1.26. The van der Waals surface area contributed by atoms with Gasteiger partial charge in [0.05, 0.1) is 18.3 Å². The fourth-order valence-corrected chi connectivity index (χ4v) is 3.48. The van der Waals surface area contributed by atoms with Gasteiger partial charge < -0.3 is 20.4 Å². The highest BCUT2D eigenvalue weighted by molar-refractivity contribution is 5.66. The Hall–Kier alpha value is -1.43. The smallest absolute Gasteiger partial charge is 0.303 e. The van der Waals surface area contributed by atoms with Crippen LogP contribution in [0.25, 0.3) is 0 Å². The van der Waals surface area contributed by atoms with Crippen LogP contribution in [0, 0.1) is 11.8 Å². The number of carboxylic acid groups (broad SMARTS) is 1. The maximum Gasteiger partial charge on any atom is 0.303 e. The molecule has 5 heteroatoms. The van der Waals surface area contributed by atoms with Crippen LogP contribution in [0.3, 0.4) is 0 Å². The molecule has 1 fully saturated rings. The summed E-state index contributed by atoms with van der Waals surface area (Å²) in [5.41, 5.74) is 0. The number of carboxylic acids is 1. The van der Waals surface area contributed by atoms with Gasteiger partial charge in [-0.05, 0) is 38.0 Å². The summed E-state index contributed by atoms with van der Waals surface area (Å²) in [7, 11) is 0. The van der Waals surface area contributed by atoms with Gasteiger partial charge in [0.15, 0.2) is 0 Å². The molecule has 0 aromatic heterocycles. The van der Waals surface area contributed by atoms with Crippen molar-refractivity contribution < 1.29 is 25.2 Å². The average molecular weight is 381 g/mol. The van der Waals surface area contributed by atoms with Crippen molar-refractivity contribution in [3.63, 3.8) is 0 Å². The normalized spacial score (nSPS) is 27.3. The van der Waals surface area contributed by atoms with Gasteiger partial charge in [0, 0.05) is 18.8 Å². The van der Waals surface area contributed by atoms with Crippen LogP contribution in [0.1, 0.15) is 64.7 Å². The molecule has 0 spiro atoms. The lowest BCUT2D eigenvalue weighted by atomic mass is 9.89. The van der Waals surface area contributed by atoms with Crippen LogP contribution >= 0.6 is 0 Å². The third kappa shape index (κ3) is 9.89. The molecule has 154 valence electrons. The van der Waals surface area contributed by atoms with Crippen LogP contribution in [0.15, 0.2) is 36.5 Å². The maximum atomic E-state index is 10.5. The largest absolute Gasteiger partial charge is 0.481 e. The molecule has 0 aromatic carbocycles. The number of rotatable bonds is 13. The van der Waals surface area contributed by atoms with E-state index in [2.05, 4.69) is 25.2 Å². The molecule has 1 aliphatic carbocycles. The Kier molecular flexibility index (Phi) is 12.0. The van der Waals surface area contributed by atoms with Crippen molar-refractivity contribution in [1.82, 2.24) is 0 Å². The monoisotopic (exact) mass is 380 g/mol. The van der Waals surface area contributed by atoms with E-state index in [-0.39, 0.29) is 24.7 Å². The number of hydrogen-bond acceptors (Lipinski definition) is 4. The lowest BCUT2D eigenvalue weighted by Crippen LogP contribution is -2.20. The number of aliphatic hydroxyl groups excluding tert-OH is 3. The lowest BCUT2D eigenvalue weighted by Gasteiger charge is -2.19. The van der Waals surface area contributed by atoms with Crippen LogP contribution in [0.4, 0.5) is 0 Å². The summed E-state index contributed by atoms with van der Waals surface area (Å²) >= 11 is 0. The highest BCUT2D eigenvalue weighted by Gasteiger charge is 2.39. The van der Waals surface area contributed by atoms with E-state index >= 15 is 0 Å². The molecule has 5 nitrogen and oxygen atoms in total. The molecule has 0 heterocycles. The summed E-state index contributed by atoms with van der Waals surface area (Å²) in [6.07, 6.45) is 16.5. The standard InChI is InChI=1S/C22H36O5/c1-2-3-4-5-6-7-8-9-10-11-18-19(21(25)16-20(18)24)14-12-17(23)13-15-22(26)27/h6-7,9-10,12,14,17-21,23-25H,2-5,8,11,13,15-16H2,1H3,(H,26,27)/b7-6-,10-9-,14-12+/t17-,18-,19+,20-,21+/m1/s1. The van der Waals surface area contributed by atoms with Crippen molar-refractivity contribution in [3.05, 3.63) is 36.5 Å². The van der Waals surface area contributed by atoms with E-state index < -0.39 is 24.3 Å². The number of carbonyl (C=O) groups is 1. The molecule has 0 bridgehead atoms. The summed E-state index contributed by atoms with van der Waals surface area (Å²) in [6.45, 7) is 2.19. The van der Waals surface area contributed by atoms with E-state index in [1.165, 1.54) is 19.3 Å². The SMILES string of the molecule is CCCCC/C=C\C/C=C\C[C@@H]1[C@H](/C=C/[C@@H](O)CCC(=O)O)[C@@H](O)C[C@H]1O. The van der Waals surface area contributed by atoms with Crippen molar-refractivity contribution >= 4 is 5.97 Å². The molecule has 27 heavy (non-hydrogen) atoms. The summed E-state index contributed by atoms with van der Waals surface area (Å²) in [5, 5.41) is 38.9. The number of unbranched alkanes of at least 4 members (excludes halogenated alkanes) is 3. The van der Waals surface area contributed by atoms with Gasteiger partial charge in [0.25, 0.3) is 0 Å². The van der Waals surface area contributed by atoms with Crippen LogP contribution in [-0.4, -0.2) is 44.7 Å². The first kappa shape index (κ1) is 23.6. The minimum Gasteiger partial charge on any atom is -0.481 e. The molecule has 5 atom stereocenters. The second kappa shape index (κ2) is 13.7. The predicted octanol–water partition coefficient (Wildman–Crippen LogP) is 3.60. The van der Waals surface area contributed by atoms with Gasteiger partial charge >= 0.3 is 5.97 Å². The zero-order valence-electron chi connectivity index (χ0n) is 16.4. The van der Waals surface area contributed by atoms with Gasteiger partial charge in [-0.15, -0.1) is 0 Å². The first-order valence-electron chi connectivity index (χ1n) is 10.2. The van der Waals surface area contributed by atoms with Gasteiger partial charge in [0.1, 0.15) is 0 Å². The van der Waals surface area contributed by atoms with Crippen molar-refractivity contribution in [2.75, 3.05) is 0 Å². The lowest BCUT2D eigenvalue weighted by molar-refractivity contribution is -0.137. The van der Waals surface area contributed by atoms with Crippen molar-refractivity contribution in [2.45, 2.75) is 83.0 Å². The second-order valence-electron chi connectivity index (χ2n) is 7.41. The number of allylic oxidation sites excluding steroid dienone is 4. The second-order valence-corrected chi connectivity index (χ2v) is 7.41. The van der Waals surface area contributed by atoms with E-state index in [1.807, 2.05) is 6.08 Å². The molecule has 1 saturated carbocycles. The fraction of sp³-hybridized carbons (Fsp3) is 0.682. The van der Waals surface area contributed by atoms with E-state index in [1.54, 1.807) is 12.2 Å². The van der Waals surface area contributed by atoms with Gasteiger partial charge in [-0.3, -0.25) is 4.79 Å². The summed E-state index contributed by atoms with van der Waals surface area (Å²) < 4.78 is 0. The third-order valence-corrected chi connectivity index (χ3v) is 5.11. The first-order valence-corrected chi connectivity index (χ1v) is 10.2. The highest BCUT2D eigenvalue weighted by atomic mass is 16.4. The summed E-state index contributed by atoms with van der Waals surface area (Å²) in [4.78, 5) is 10.5. The zero-order chi connectivity index (χ0) is 20.1. The Morgan fingerprint density at radius 1 is 1.11 bits per heavy atom. The van der Waals surface area contributed by atoms with Crippen molar-refractivity contribution in [2.24, 2.45) is 11.8 Å². The topological polar surface area (TPSA) is 98.0 Å².